The molecule has 0 fully saturated rings. The predicted octanol–water partition coefficient (Wildman–Crippen LogP) is 4.98. The Bertz CT molecular complexity index is 1250. The highest BCUT2D eigenvalue weighted by Crippen LogP contribution is 2.44. The topological polar surface area (TPSA) is 57.2 Å². The molecule has 33 heavy (non-hydrogen) atoms. The number of rotatable bonds is 5. The Hall–Kier alpha value is -3.77. The molecule has 0 aliphatic carbocycles. The van der Waals surface area contributed by atoms with Crippen LogP contribution in [0.1, 0.15) is 32.6 Å². The van der Waals surface area contributed by atoms with E-state index in [2.05, 4.69) is 4.90 Å². The zero-order valence-electron chi connectivity index (χ0n) is 18.9. The Morgan fingerprint density at radius 1 is 1.03 bits per heavy atom. The van der Waals surface area contributed by atoms with Crippen molar-refractivity contribution >= 4 is 11.9 Å². The fourth-order valence-corrected chi connectivity index (χ4v) is 4.25. The quantitative estimate of drug-likeness (QED) is 0.519. The Balaban J connectivity index is 1.43. The molecule has 168 valence electrons. The molecule has 6 heteroatoms. The number of allylic oxidation sites excluding steroid dienone is 1. The van der Waals surface area contributed by atoms with E-state index in [4.69, 9.17) is 18.9 Å². The second kappa shape index (κ2) is 8.64. The molecule has 0 aromatic heterocycles. The van der Waals surface area contributed by atoms with E-state index in [1.807, 2.05) is 61.5 Å². The molecule has 0 amide bonds. The monoisotopic (exact) mass is 443 g/mol. The minimum Gasteiger partial charge on any atom is -0.497 e. The normalized spacial score (nSPS) is 16.1. The fraction of sp³-hybridized carbons (Fsp3) is 0.222. The zero-order chi connectivity index (χ0) is 22.9. The average Bonchev–Trinajstić information content (AvgIpc) is 3.17. The first-order valence-electron chi connectivity index (χ1n) is 10.8. The van der Waals surface area contributed by atoms with E-state index in [-0.39, 0.29) is 5.78 Å². The molecule has 6 nitrogen and oxygen atoms in total. The number of carbonyl (C=O) groups excluding carboxylic acids is 1. The van der Waals surface area contributed by atoms with Crippen LogP contribution in [0.2, 0.25) is 0 Å². The number of nitrogens with zero attached hydrogens (tertiary/aromatic N) is 1. The highest BCUT2D eigenvalue weighted by Gasteiger charge is 2.35. The molecule has 0 atom stereocenters. The molecule has 3 aromatic rings. The highest BCUT2D eigenvalue weighted by atomic mass is 16.5. The van der Waals surface area contributed by atoms with Crippen molar-refractivity contribution in [3.8, 4) is 23.0 Å². The maximum atomic E-state index is 13.2. The van der Waals surface area contributed by atoms with Gasteiger partial charge in [0.05, 0.1) is 25.3 Å². The summed E-state index contributed by atoms with van der Waals surface area (Å²) < 4.78 is 22.7. The van der Waals surface area contributed by atoms with Crippen molar-refractivity contribution in [2.24, 2.45) is 0 Å². The van der Waals surface area contributed by atoms with Crippen LogP contribution in [0.15, 0.2) is 60.4 Å². The number of fused-ring (bicyclic) bond motifs is 3. The standard InChI is InChI=1S/C27H25NO5/c1-17-11-23-22(15-28(16-32-23)14-18-7-9-20(30-2)10-8-18)27-25(17)26(29)24(33-27)13-19-5-4-6-21(12-19)31-3/h4-13H,14-16H2,1-3H3/b24-13-. The number of Topliss-reactive ketones (excluding diaryl/α,β-unsaturated/α-hetero) is 1. The van der Waals surface area contributed by atoms with Crippen LogP contribution in [-0.4, -0.2) is 31.6 Å². The Morgan fingerprint density at radius 2 is 1.82 bits per heavy atom. The lowest BCUT2D eigenvalue weighted by molar-refractivity contribution is 0.0872. The minimum absolute atomic E-state index is 0.111. The van der Waals surface area contributed by atoms with Crippen molar-refractivity contribution in [1.82, 2.24) is 4.90 Å². The lowest BCUT2D eigenvalue weighted by Crippen LogP contribution is -2.31. The van der Waals surface area contributed by atoms with E-state index in [1.54, 1.807) is 20.3 Å². The van der Waals surface area contributed by atoms with Crippen LogP contribution in [0.3, 0.4) is 0 Å². The lowest BCUT2D eigenvalue weighted by Gasteiger charge is -2.30. The second-order valence-corrected chi connectivity index (χ2v) is 8.20. The summed E-state index contributed by atoms with van der Waals surface area (Å²) >= 11 is 0. The van der Waals surface area contributed by atoms with Crippen LogP contribution in [0, 0.1) is 6.92 Å². The van der Waals surface area contributed by atoms with E-state index in [0.29, 0.717) is 36.9 Å². The van der Waals surface area contributed by atoms with Crippen molar-refractivity contribution < 1.29 is 23.7 Å². The van der Waals surface area contributed by atoms with Crippen molar-refractivity contribution in [3.05, 3.63) is 88.2 Å². The van der Waals surface area contributed by atoms with Gasteiger partial charge in [0.1, 0.15) is 29.7 Å². The number of carbonyl (C=O) groups is 1. The van der Waals surface area contributed by atoms with E-state index in [1.165, 1.54) is 0 Å². The van der Waals surface area contributed by atoms with Gasteiger partial charge in [-0.1, -0.05) is 24.3 Å². The van der Waals surface area contributed by atoms with Crippen LogP contribution in [0.25, 0.3) is 6.08 Å². The maximum Gasteiger partial charge on any atom is 0.232 e. The molecule has 0 saturated heterocycles. The van der Waals surface area contributed by atoms with Gasteiger partial charge in [-0.25, -0.2) is 0 Å². The van der Waals surface area contributed by atoms with Crippen LogP contribution in [0.5, 0.6) is 23.0 Å². The van der Waals surface area contributed by atoms with Gasteiger partial charge < -0.3 is 18.9 Å². The van der Waals surface area contributed by atoms with Crippen molar-refractivity contribution in [2.45, 2.75) is 20.0 Å². The van der Waals surface area contributed by atoms with Gasteiger partial charge >= 0.3 is 0 Å². The van der Waals surface area contributed by atoms with Crippen molar-refractivity contribution in [3.63, 3.8) is 0 Å². The van der Waals surface area contributed by atoms with Crippen molar-refractivity contribution in [1.29, 1.82) is 0 Å². The van der Waals surface area contributed by atoms with E-state index in [0.717, 1.165) is 39.5 Å². The summed E-state index contributed by atoms with van der Waals surface area (Å²) in [5.74, 6) is 3.12. The first-order chi connectivity index (χ1) is 16.1. The van der Waals surface area contributed by atoms with E-state index >= 15 is 0 Å². The number of ketones is 1. The molecule has 0 spiro atoms. The Kier molecular flexibility index (Phi) is 5.52. The molecule has 3 aromatic carbocycles. The third-order valence-corrected chi connectivity index (χ3v) is 5.94. The minimum atomic E-state index is -0.111. The number of ether oxygens (including phenoxy) is 4. The Morgan fingerprint density at radius 3 is 2.58 bits per heavy atom. The molecule has 2 aliphatic rings. The number of methoxy groups -OCH3 is 2. The first kappa shape index (κ1) is 21.1. The smallest absolute Gasteiger partial charge is 0.232 e. The summed E-state index contributed by atoms with van der Waals surface area (Å²) in [6.45, 7) is 3.73. The van der Waals surface area contributed by atoms with Gasteiger partial charge in [0.25, 0.3) is 0 Å². The number of aryl methyl sites for hydroxylation is 1. The SMILES string of the molecule is COc1ccc(CN2COc3cc(C)c4c(c3C2)O/C(=C\c2cccc(OC)c2)C4=O)cc1. The second-order valence-electron chi connectivity index (χ2n) is 8.20. The van der Waals surface area contributed by atoms with Gasteiger partial charge in [-0.15, -0.1) is 0 Å². The molecule has 0 saturated carbocycles. The van der Waals surface area contributed by atoms with Crippen LogP contribution in [-0.2, 0) is 13.1 Å². The number of benzene rings is 3. The summed E-state index contributed by atoms with van der Waals surface area (Å²) in [6, 6.07) is 17.5. The molecular weight excluding hydrogens is 418 g/mol. The summed E-state index contributed by atoms with van der Waals surface area (Å²) in [5, 5.41) is 0. The molecule has 2 aliphatic heterocycles. The molecule has 0 radical (unpaired) electrons. The molecule has 0 N–H and O–H groups in total. The molecule has 0 bridgehead atoms. The van der Waals surface area contributed by atoms with Gasteiger partial charge in [0.2, 0.25) is 5.78 Å². The van der Waals surface area contributed by atoms with E-state index < -0.39 is 0 Å². The summed E-state index contributed by atoms with van der Waals surface area (Å²) in [6.07, 6.45) is 1.76. The first-order valence-corrected chi connectivity index (χ1v) is 10.8. The molecule has 0 unspecified atom stereocenters. The molecule has 5 rings (SSSR count). The zero-order valence-corrected chi connectivity index (χ0v) is 18.9. The summed E-state index contributed by atoms with van der Waals surface area (Å²) in [7, 11) is 3.28. The molecular formula is C27H25NO5. The van der Waals surface area contributed by atoms with Crippen LogP contribution < -0.4 is 18.9 Å². The number of hydrogen-bond acceptors (Lipinski definition) is 6. The highest BCUT2D eigenvalue weighted by molar-refractivity contribution is 6.15. The third kappa shape index (κ3) is 4.05. The van der Waals surface area contributed by atoms with Gasteiger partial charge in [0.15, 0.2) is 5.76 Å². The molecule has 2 heterocycles. The lowest BCUT2D eigenvalue weighted by atomic mass is 9.98. The predicted molar refractivity (Wildman–Crippen MR) is 125 cm³/mol. The fourth-order valence-electron chi connectivity index (χ4n) is 4.25. The van der Waals surface area contributed by atoms with Gasteiger partial charge in [-0.2, -0.15) is 0 Å². The Labute approximate surface area is 193 Å². The largest absolute Gasteiger partial charge is 0.497 e. The van der Waals surface area contributed by atoms with Gasteiger partial charge in [-0.3, -0.25) is 9.69 Å². The van der Waals surface area contributed by atoms with Crippen LogP contribution >= 0.6 is 0 Å². The maximum absolute atomic E-state index is 13.2. The van der Waals surface area contributed by atoms with Crippen LogP contribution in [0.4, 0.5) is 0 Å². The number of hydrogen-bond donors (Lipinski definition) is 0. The summed E-state index contributed by atoms with van der Waals surface area (Å²) in [5.41, 5.74) is 4.36. The average molecular weight is 443 g/mol. The van der Waals surface area contributed by atoms with Gasteiger partial charge in [0, 0.05) is 13.1 Å². The van der Waals surface area contributed by atoms with Gasteiger partial charge in [-0.05, 0) is 60.0 Å². The van der Waals surface area contributed by atoms with E-state index in [9.17, 15) is 4.79 Å². The van der Waals surface area contributed by atoms with Crippen molar-refractivity contribution in [2.75, 3.05) is 21.0 Å². The summed E-state index contributed by atoms with van der Waals surface area (Å²) in [4.78, 5) is 15.4. The third-order valence-electron chi connectivity index (χ3n) is 5.94.